The number of rotatable bonds is 4. The lowest BCUT2D eigenvalue weighted by Gasteiger charge is -2.32. The van der Waals surface area contributed by atoms with Crippen molar-refractivity contribution in [2.24, 2.45) is 0 Å². The normalized spacial score (nSPS) is 21.4. The summed E-state index contributed by atoms with van der Waals surface area (Å²) in [7, 11) is 0. The Morgan fingerprint density at radius 2 is 2.59 bits per heavy atom. The van der Waals surface area contributed by atoms with Crippen LogP contribution in [0.25, 0.3) is 0 Å². The van der Waals surface area contributed by atoms with Crippen LogP contribution in [0.2, 0.25) is 0 Å². The quantitative estimate of drug-likeness (QED) is 0.658. The molecule has 2 rings (SSSR count). The van der Waals surface area contributed by atoms with Crippen LogP contribution < -0.4 is 5.32 Å². The van der Waals surface area contributed by atoms with Crippen molar-refractivity contribution < 1.29 is 4.92 Å². The number of piperidine rings is 1. The predicted molar refractivity (Wildman–Crippen MR) is 67.5 cm³/mol. The van der Waals surface area contributed by atoms with Gasteiger partial charge in [0, 0.05) is 12.6 Å². The molecule has 6 nitrogen and oxygen atoms in total. The zero-order chi connectivity index (χ0) is 12.3. The summed E-state index contributed by atoms with van der Waals surface area (Å²) in [6, 6.07) is 0.356. The van der Waals surface area contributed by atoms with Crippen LogP contribution in [-0.2, 0) is 0 Å². The molecule has 1 aromatic rings. The Hall–Kier alpha value is -1.21. The van der Waals surface area contributed by atoms with E-state index in [1.807, 2.05) is 0 Å². The van der Waals surface area contributed by atoms with Crippen molar-refractivity contribution in [3.8, 4) is 0 Å². The summed E-state index contributed by atoms with van der Waals surface area (Å²) in [5.74, 6) is 0. The maximum absolute atomic E-state index is 10.5. The van der Waals surface area contributed by atoms with Crippen molar-refractivity contribution in [3.63, 3.8) is 0 Å². The van der Waals surface area contributed by atoms with E-state index in [4.69, 9.17) is 0 Å². The van der Waals surface area contributed by atoms with E-state index in [1.54, 1.807) is 0 Å². The van der Waals surface area contributed by atoms with Gasteiger partial charge in [0.05, 0.1) is 4.92 Å². The molecule has 1 fully saturated rings. The summed E-state index contributed by atoms with van der Waals surface area (Å²) in [5, 5.41) is 14.6. The van der Waals surface area contributed by atoms with Gasteiger partial charge in [0.25, 0.3) is 0 Å². The Labute approximate surface area is 104 Å². The van der Waals surface area contributed by atoms with Gasteiger partial charge in [-0.05, 0) is 37.3 Å². The number of likely N-dealkylation sites (tertiary alicyclic amines) is 1. The van der Waals surface area contributed by atoms with E-state index in [9.17, 15) is 10.1 Å². The molecule has 1 aliphatic heterocycles. The van der Waals surface area contributed by atoms with Crippen LogP contribution >= 0.6 is 11.3 Å². The van der Waals surface area contributed by atoms with Gasteiger partial charge < -0.3 is 10.2 Å². The first kappa shape index (κ1) is 12.3. The first-order valence-electron chi connectivity index (χ1n) is 5.78. The topological polar surface area (TPSA) is 71.3 Å². The number of hydrogen-bond acceptors (Lipinski definition) is 6. The van der Waals surface area contributed by atoms with Crippen LogP contribution in [0.15, 0.2) is 6.20 Å². The van der Waals surface area contributed by atoms with Gasteiger partial charge in [0.15, 0.2) is 5.13 Å². The van der Waals surface area contributed by atoms with Crippen molar-refractivity contribution >= 4 is 21.5 Å². The molecule has 0 saturated carbocycles. The number of nitrogens with one attached hydrogen (secondary N) is 1. The molecule has 7 heteroatoms. The van der Waals surface area contributed by atoms with Gasteiger partial charge >= 0.3 is 5.00 Å². The molecule has 1 aliphatic rings. The molecule has 94 valence electrons. The molecule has 1 saturated heterocycles. The molecule has 1 N–H and O–H groups in total. The number of anilines is 1. The Morgan fingerprint density at radius 1 is 1.76 bits per heavy atom. The van der Waals surface area contributed by atoms with Gasteiger partial charge in [-0.1, -0.05) is 6.92 Å². The lowest BCUT2D eigenvalue weighted by molar-refractivity contribution is -0.380. The van der Waals surface area contributed by atoms with Gasteiger partial charge in [-0.3, -0.25) is 10.1 Å². The summed E-state index contributed by atoms with van der Waals surface area (Å²) >= 11 is 1.10. The molecule has 0 spiro atoms. The van der Waals surface area contributed by atoms with Gasteiger partial charge in [-0.15, -0.1) is 0 Å². The Morgan fingerprint density at radius 3 is 3.24 bits per heavy atom. The zero-order valence-corrected chi connectivity index (χ0v) is 10.6. The molecule has 2 heterocycles. The summed E-state index contributed by atoms with van der Waals surface area (Å²) in [5.41, 5.74) is 0. The maximum atomic E-state index is 10.5. The molecule has 0 bridgehead atoms. The SMILES string of the molecule is CCN1CCCC(Nc2ncc([N+](=O)[O-])s2)C1. The molecular formula is C10H16N4O2S. The number of nitrogens with zero attached hydrogens (tertiary/aromatic N) is 3. The first-order chi connectivity index (χ1) is 8.19. The molecule has 1 unspecified atom stereocenters. The van der Waals surface area contributed by atoms with Crippen LogP contribution in [0, 0.1) is 10.1 Å². The number of thiazole rings is 1. The van der Waals surface area contributed by atoms with Gasteiger partial charge in [-0.25, -0.2) is 4.98 Å². The molecule has 1 aromatic heterocycles. The maximum Gasteiger partial charge on any atom is 0.345 e. The van der Waals surface area contributed by atoms with Gasteiger partial charge in [-0.2, -0.15) is 0 Å². The van der Waals surface area contributed by atoms with Crippen LogP contribution in [0.3, 0.4) is 0 Å². The fraction of sp³-hybridized carbons (Fsp3) is 0.700. The molecule has 17 heavy (non-hydrogen) atoms. The highest BCUT2D eigenvalue weighted by molar-refractivity contribution is 7.18. The predicted octanol–water partition coefficient (Wildman–Crippen LogP) is 1.95. The summed E-state index contributed by atoms with van der Waals surface area (Å²) in [6.45, 7) is 5.34. The molecular weight excluding hydrogens is 240 g/mol. The third-order valence-corrected chi connectivity index (χ3v) is 3.83. The molecule has 1 atom stereocenters. The Balaban J connectivity index is 1.93. The molecule has 0 amide bonds. The minimum Gasteiger partial charge on any atom is -0.357 e. The molecule has 0 radical (unpaired) electrons. The monoisotopic (exact) mass is 256 g/mol. The smallest absolute Gasteiger partial charge is 0.345 e. The average Bonchev–Trinajstić information content (AvgIpc) is 2.78. The van der Waals surface area contributed by atoms with Crippen molar-refractivity contribution in [1.29, 1.82) is 0 Å². The number of likely N-dealkylation sites (N-methyl/N-ethyl adjacent to an activating group) is 1. The van der Waals surface area contributed by atoms with Crippen molar-refractivity contribution in [3.05, 3.63) is 16.3 Å². The van der Waals surface area contributed by atoms with Gasteiger partial charge in [0.1, 0.15) is 6.20 Å². The van der Waals surface area contributed by atoms with Crippen LogP contribution in [0.4, 0.5) is 10.1 Å². The number of aromatic nitrogens is 1. The van der Waals surface area contributed by atoms with Crippen molar-refractivity contribution in [2.45, 2.75) is 25.8 Å². The van der Waals surface area contributed by atoms with E-state index in [0.717, 1.165) is 37.4 Å². The minimum atomic E-state index is -0.401. The minimum absolute atomic E-state index is 0.0932. The fourth-order valence-electron chi connectivity index (χ4n) is 2.05. The second-order valence-electron chi connectivity index (χ2n) is 4.14. The van der Waals surface area contributed by atoms with Gasteiger partial charge in [0.2, 0.25) is 0 Å². The van der Waals surface area contributed by atoms with E-state index in [2.05, 4.69) is 22.1 Å². The standard InChI is InChI=1S/C10H16N4O2S/c1-2-13-5-3-4-8(7-13)12-10-11-6-9(17-10)14(15)16/h6,8H,2-5,7H2,1H3,(H,11,12). The van der Waals surface area contributed by atoms with E-state index in [0.29, 0.717) is 11.2 Å². The summed E-state index contributed by atoms with van der Waals surface area (Å²) < 4.78 is 0. The average molecular weight is 256 g/mol. The molecule has 0 aromatic carbocycles. The van der Waals surface area contributed by atoms with E-state index >= 15 is 0 Å². The van der Waals surface area contributed by atoms with Crippen molar-refractivity contribution in [1.82, 2.24) is 9.88 Å². The van der Waals surface area contributed by atoms with E-state index < -0.39 is 4.92 Å². The van der Waals surface area contributed by atoms with Crippen LogP contribution in [-0.4, -0.2) is 40.5 Å². The highest BCUT2D eigenvalue weighted by Crippen LogP contribution is 2.26. The van der Waals surface area contributed by atoms with E-state index in [-0.39, 0.29) is 5.00 Å². The Bertz CT molecular complexity index is 395. The number of hydrogen-bond donors (Lipinski definition) is 1. The highest BCUT2D eigenvalue weighted by Gasteiger charge is 2.20. The zero-order valence-electron chi connectivity index (χ0n) is 9.76. The third kappa shape index (κ3) is 3.13. The fourth-order valence-corrected chi connectivity index (χ4v) is 2.76. The summed E-state index contributed by atoms with van der Waals surface area (Å²) in [6.07, 6.45) is 3.58. The highest BCUT2D eigenvalue weighted by atomic mass is 32.1. The van der Waals surface area contributed by atoms with E-state index in [1.165, 1.54) is 12.6 Å². The second-order valence-corrected chi connectivity index (χ2v) is 5.15. The van der Waals surface area contributed by atoms with Crippen molar-refractivity contribution in [2.75, 3.05) is 25.0 Å². The third-order valence-electron chi connectivity index (χ3n) is 2.95. The second kappa shape index (κ2) is 5.42. The number of nitro groups is 1. The largest absolute Gasteiger partial charge is 0.357 e. The summed E-state index contributed by atoms with van der Waals surface area (Å²) in [4.78, 5) is 16.6. The molecule has 0 aliphatic carbocycles. The Kier molecular flexibility index (Phi) is 3.90. The van der Waals surface area contributed by atoms with Crippen LogP contribution in [0.5, 0.6) is 0 Å². The first-order valence-corrected chi connectivity index (χ1v) is 6.59. The lowest BCUT2D eigenvalue weighted by atomic mass is 10.1. The van der Waals surface area contributed by atoms with Crippen LogP contribution in [0.1, 0.15) is 19.8 Å². The lowest BCUT2D eigenvalue weighted by Crippen LogP contribution is -2.41.